The molecule has 2 aromatic rings. The zero-order valence-corrected chi connectivity index (χ0v) is 20.6. The number of carbonyl (C=O) groups is 2. The molecule has 1 aliphatic rings. The smallest absolute Gasteiger partial charge is 0.414 e. The molecule has 1 atom stereocenters. The second kappa shape index (κ2) is 11.8. The Kier molecular flexibility index (Phi) is 8.84. The number of ether oxygens (including phenoxy) is 1. The van der Waals surface area contributed by atoms with Gasteiger partial charge in [-0.25, -0.2) is 9.18 Å². The minimum atomic E-state index is -0.573. The van der Waals surface area contributed by atoms with Gasteiger partial charge in [-0.3, -0.25) is 9.69 Å². The summed E-state index contributed by atoms with van der Waals surface area (Å²) in [5.41, 5.74) is 3.60. The molecular weight excluding hydrogens is 473 g/mol. The third-order valence-corrected chi connectivity index (χ3v) is 5.97. The lowest BCUT2D eigenvalue weighted by Gasteiger charge is -2.15. The number of halogens is 2. The molecule has 1 aliphatic heterocycles. The lowest BCUT2D eigenvalue weighted by atomic mass is 10.0. The van der Waals surface area contributed by atoms with Gasteiger partial charge in [-0.1, -0.05) is 35.9 Å². The van der Waals surface area contributed by atoms with Crippen molar-refractivity contribution < 1.29 is 18.7 Å². The van der Waals surface area contributed by atoms with Gasteiger partial charge in [0.05, 0.1) is 18.8 Å². The lowest BCUT2D eigenvalue weighted by molar-refractivity contribution is -0.119. The van der Waals surface area contributed by atoms with Gasteiger partial charge in [-0.2, -0.15) is 0 Å². The molecule has 0 radical (unpaired) electrons. The van der Waals surface area contributed by atoms with Gasteiger partial charge in [0.25, 0.3) is 0 Å². The Bertz CT molecular complexity index is 1140. The molecule has 4 N–H and O–H groups in total. The molecule has 0 saturated carbocycles. The summed E-state index contributed by atoms with van der Waals surface area (Å²) in [7, 11) is 1.71. The van der Waals surface area contributed by atoms with Gasteiger partial charge in [-0.15, -0.1) is 0 Å². The molecule has 3 rings (SSSR count). The molecule has 0 spiro atoms. The third kappa shape index (κ3) is 6.80. The zero-order chi connectivity index (χ0) is 25.5. The first-order valence-electron chi connectivity index (χ1n) is 11.1. The van der Waals surface area contributed by atoms with E-state index in [1.54, 1.807) is 26.1 Å². The number of rotatable bonds is 10. The SMILES string of the molecule is CN/C(Cl)=C(/CNCc1ccc(-c2ccc(N3C[C@H](CNC(C)=O)OC3=O)cc2F)cc1)C(C)=N. The van der Waals surface area contributed by atoms with Gasteiger partial charge in [0.15, 0.2) is 0 Å². The Balaban J connectivity index is 1.63. The Labute approximate surface area is 209 Å². The summed E-state index contributed by atoms with van der Waals surface area (Å²) >= 11 is 6.11. The molecule has 186 valence electrons. The highest BCUT2D eigenvalue weighted by atomic mass is 35.5. The van der Waals surface area contributed by atoms with Crippen LogP contribution in [0.15, 0.2) is 53.2 Å². The molecule has 2 aromatic carbocycles. The van der Waals surface area contributed by atoms with Crippen LogP contribution in [0.2, 0.25) is 0 Å². The predicted octanol–water partition coefficient (Wildman–Crippen LogP) is 3.75. The van der Waals surface area contributed by atoms with Crippen LogP contribution in [-0.4, -0.2) is 50.5 Å². The van der Waals surface area contributed by atoms with E-state index in [0.29, 0.717) is 46.3 Å². The highest BCUT2D eigenvalue weighted by molar-refractivity contribution is 6.31. The van der Waals surface area contributed by atoms with E-state index in [4.69, 9.17) is 21.7 Å². The van der Waals surface area contributed by atoms with E-state index in [1.807, 2.05) is 24.3 Å². The van der Waals surface area contributed by atoms with Crippen LogP contribution in [0.1, 0.15) is 19.4 Å². The molecule has 8 nitrogen and oxygen atoms in total. The van der Waals surface area contributed by atoms with Crippen LogP contribution >= 0.6 is 11.6 Å². The van der Waals surface area contributed by atoms with Crippen molar-refractivity contribution >= 4 is 35.0 Å². The zero-order valence-electron chi connectivity index (χ0n) is 19.9. The second-order valence-corrected chi connectivity index (χ2v) is 8.56. The fourth-order valence-corrected chi connectivity index (χ4v) is 3.87. The number of amides is 2. The van der Waals surface area contributed by atoms with Crippen LogP contribution in [-0.2, 0) is 16.1 Å². The van der Waals surface area contributed by atoms with Crippen molar-refractivity contribution in [2.24, 2.45) is 0 Å². The third-order valence-electron chi connectivity index (χ3n) is 5.55. The summed E-state index contributed by atoms with van der Waals surface area (Å²) in [6.07, 6.45) is -1.06. The van der Waals surface area contributed by atoms with E-state index < -0.39 is 18.0 Å². The fourth-order valence-electron chi connectivity index (χ4n) is 3.66. The topological polar surface area (TPSA) is 107 Å². The molecule has 1 fully saturated rings. The largest absolute Gasteiger partial charge is 0.442 e. The Morgan fingerprint density at radius 2 is 1.94 bits per heavy atom. The van der Waals surface area contributed by atoms with E-state index >= 15 is 0 Å². The number of nitrogens with zero attached hydrogens (tertiary/aromatic N) is 1. The van der Waals surface area contributed by atoms with Crippen LogP contribution in [0.4, 0.5) is 14.9 Å². The van der Waals surface area contributed by atoms with Crippen molar-refractivity contribution in [3.05, 3.63) is 64.6 Å². The molecule has 2 amide bonds. The minimum Gasteiger partial charge on any atom is -0.442 e. The molecule has 35 heavy (non-hydrogen) atoms. The number of benzene rings is 2. The summed E-state index contributed by atoms with van der Waals surface area (Å²) in [4.78, 5) is 24.6. The maximum Gasteiger partial charge on any atom is 0.414 e. The molecule has 0 bridgehead atoms. The van der Waals surface area contributed by atoms with Crippen molar-refractivity contribution in [1.29, 1.82) is 5.41 Å². The first-order chi connectivity index (χ1) is 16.7. The van der Waals surface area contributed by atoms with Gasteiger partial charge < -0.3 is 26.1 Å². The number of hydrogen-bond donors (Lipinski definition) is 4. The van der Waals surface area contributed by atoms with Crippen molar-refractivity contribution in [3.8, 4) is 11.1 Å². The van der Waals surface area contributed by atoms with Crippen LogP contribution in [0, 0.1) is 11.2 Å². The number of hydrogen-bond acceptors (Lipinski definition) is 6. The quantitative estimate of drug-likeness (QED) is 0.293. The number of cyclic esters (lactones) is 1. The molecule has 0 aromatic heterocycles. The van der Waals surface area contributed by atoms with Gasteiger partial charge >= 0.3 is 6.09 Å². The Morgan fingerprint density at radius 3 is 2.54 bits per heavy atom. The maximum absolute atomic E-state index is 15.0. The molecular formula is C25H29ClFN5O3. The van der Waals surface area contributed by atoms with Gasteiger partial charge in [0, 0.05) is 43.9 Å². The highest BCUT2D eigenvalue weighted by Crippen LogP contribution is 2.29. The standard InChI is InChI=1S/C25H29ClFN5O3/c1-15(28)22(24(26)29-3)13-30-11-17-4-6-18(7-5-17)21-9-8-19(10-23(21)27)32-14-20(35-25(32)34)12-31-16(2)33/h4-10,20,28-30H,11-14H2,1-3H3,(H,31,33)/b24-22-,28-15?/t20-/m0/s1. The van der Waals surface area contributed by atoms with Crippen LogP contribution in [0.3, 0.4) is 0 Å². The maximum atomic E-state index is 15.0. The van der Waals surface area contributed by atoms with E-state index in [0.717, 1.165) is 5.56 Å². The first-order valence-corrected chi connectivity index (χ1v) is 11.5. The highest BCUT2D eigenvalue weighted by Gasteiger charge is 2.32. The average molecular weight is 502 g/mol. The summed E-state index contributed by atoms with van der Waals surface area (Å²) in [6.45, 7) is 4.51. The van der Waals surface area contributed by atoms with Crippen molar-refractivity contribution in [2.45, 2.75) is 26.5 Å². The van der Waals surface area contributed by atoms with Gasteiger partial charge in [0.2, 0.25) is 5.91 Å². The average Bonchev–Trinajstić information content (AvgIpc) is 3.20. The minimum absolute atomic E-state index is 0.209. The van der Waals surface area contributed by atoms with Crippen LogP contribution < -0.4 is 20.9 Å². The van der Waals surface area contributed by atoms with E-state index in [-0.39, 0.29) is 19.0 Å². The Hall–Kier alpha value is -3.43. The number of nitrogens with one attached hydrogen (secondary N) is 4. The lowest BCUT2D eigenvalue weighted by Crippen LogP contribution is -2.33. The van der Waals surface area contributed by atoms with Crippen LogP contribution in [0.5, 0.6) is 0 Å². The number of carbonyl (C=O) groups excluding carboxylic acids is 2. The van der Waals surface area contributed by atoms with Crippen molar-refractivity contribution in [3.63, 3.8) is 0 Å². The normalized spacial score (nSPS) is 16.0. The predicted molar refractivity (Wildman–Crippen MR) is 135 cm³/mol. The summed E-state index contributed by atoms with van der Waals surface area (Å²) < 4.78 is 20.2. The molecule has 0 unspecified atom stereocenters. The van der Waals surface area contributed by atoms with E-state index in [2.05, 4.69) is 16.0 Å². The molecule has 1 saturated heterocycles. The summed E-state index contributed by atoms with van der Waals surface area (Å²) in [6, 6.07) is 12.1. The van der Waals surface area contributed by atoms with Gasteiger partial charge in [0.1, 0.15) is 17.1 Å². The molecule has 1 heterocycles. The summed E-state index contributed by atoms with van der Waals surface area (Å²) in [5, 5.41) is 17.0. The molecule has 10 heteroatoms. The van der Waals surface area contributed by atoms with E-state index in [1.165, 1.54) is 17.9 Å². The van der Waals surface area contributed by atoms with Crippen LogP contribution in [0.25, 0.3) is 11.1 Å². The fraction of sp³-hybridized carbons (Fsp3) is 0.320. The Morgan fingerprint density at radius 1 is 1.23 bits per heavy atom. The van der Waals surface area contributed by atoms with Crippen molar-refractivity contribution in [1.82, 2.24) is 16.0 Å². The molecule has 0 aliphatic carbocycles. The van der Waals surface area contributed by atoms with Gasteiger partial charge in [-0.05, 0) is 36.2 Å². The van der Waals surface area contributed by atoms with E-state index in [9.17, 15) is 14.0 Å². The monoisotopic (exact) mass is 501 g/mol. The summed E-state index contributed by atoms with van der Waals surface area (Å²) in [5.74, 6) is -0.664. The second-order valence-electron chi connectivity index (χ2n) is 8.19. The first kappa shape index (κ1) is 26.2. The van der Waals surface area contributed by atoms with Crippen molar-refractivity contribution in [2.75, 3.05) is 31.6 Å². The number of anilines is 1.